The molecule has 0 radical (unpaired) electrons. The number of methoxy groups -OCH3 is 1. The predicted molar refractivity (Wildman–Crippen MR) is 120 cm³/mol. The van der Waals surface area contributed by atoms with E-state index in [0.29, 0.717) is 24.4 Å². The highest BCUT2D eigenvalue weighted by molar-refractivity contribution is 7.89. The van der Waals surface area contributed by atoms with Gasteiger partial charge in [-0.1, -0.05) is 36.4 Å². The molecule has 1 heterocycles. The minimum absolute atomic E-state index is 0.0655. The lowest BCUT2D eigenvalue weighted by Crippen LogP contribution is -2.45. The van der Waals surface area contributed by atoms with Gasteiger partial charge in [-0.25, -0.2) is 8.42 Å². The van der Waals surface area contributed by atoms with E-state index in [4.69, 9.17) is 4.74 Å². The summed E-state index contributed by atoms with van der Waals surface area (Å²) in [6, 6.07) is 17.1. The van der Waals surface area contributed by atoms with E-state index in [1.165, 1.54) is 9.87 Å². The second kappa shape index (κ2) is 9.38. The van der Waals surface area contributed by atoms with E-state index in [9.17, 15) is 13.2 Å². The van der Waals surface area contributed by atoms with Crippen molar-refractivity contribution in [2.24, 2.45) is 0 Å². The minimum Gasteiger partial charge on any atom is -0.497 e. The normalized spacial score (nSPS) is 19.5. The largest absolute Gasteiger partial charge is 0.497 e. The van der Waals surface area contributed by atoms with Crippen LogP contribution in [0.1, 0.15) is 24.8 Å². The zero-order chi connectivity index (χ0) is 21.8. The van der Waals surface area contributed by atoms with Gasteiger partial charge < -0.3 is 10.1 Å². The van der Waals surface area contributed by atoms with Crippen molar-refractivity contribution >= 4 is 21.6 Å². The molecule has 0 bridgehead atoms. The molecule has 31 heavy (non-hydrogen) atoms. The molecular formula is C23H29N3O4S. The summed E-state index contributed by atoms with van der Waals surface area (Å²) in [5.41, 5.74) is 1.77. The average Bonchev–Trinajstić information content (AvgIpc) is 3.50. The molecule has 2 fully saturated rings. The van der Waals surface area contributed by atoms with Crippen molar-refractivity contribution in [2.75, 3.05) is 32.1 Å². The Morgan fingerprint density at radius 1 is 1.13 bits per heavy atom. The third-order valence-electron chi connectivity index (χ3n) is 5.83. The molecule has 1 N–H and O–H groups in total. The standard InChI is InChI=1S/C23H29N3O4S/c1-30-21-9-5-8-19(14-21)24-23(27)17-26(20-10-11-20)31(28,29)22-12-13-25(16-22)15-18-6-3-2-4-7-18/h2-9,14,20,22H,10-13,15-17H2,1H3,(H,24,27)/t22-/m0/s1. The average molecular weight is 444 g/mol. The number of likely N-dealkylation sites (tertiary alicyclic amines) is 1. The van der Waals surface area contributed by atoms with Gasteiger partial charge in [0.2, 0.25) is 15.9 Å². The number of sulfonamides is 1. The van der Waals surface area contributed by atoms with Crippen LogP contribution in [0.2, 0.25) is 0 Å². The molecule has 0 aromatic heterocycles. The van der Waals surface area contributed by atoms with E-state index in [2.05, 4.69) is 22.3 Å². The number of ether oxygens (including phenoxy) is 1. The first-order valence-electron chi connectivity index (χ1n) is 10.7. The van der Waals surface area contributed by atoms with E-state index in [0.717, 1.165) is 25.9 Å². The van der Waals surface area contributed by atoms with Crippen LogP contribution in [0.15, 0.2) is 54.6 Å². The first kappa shape index (κ1) is 21.8. The number of hydrogen-bond acceptors (Lipinski definition) is 5. The number of amides is 1. The zero-order valence-electron chi connectivity index (χ0n) is 17.7. The number of nitrogens with one attached hydrogen (secondary N) is 1. The zero-order valence-corrected chi connectivity index (χ0v) is 18.6. The van der Waals surface area contributed by atoms with Gasteiger partial charge in [-0.15, -0.1) is 0 Å². The molecule has 1 saturated carbocycles. The van der Waals surface area contributed by atoms with Gasteiger partial charge >= 0.3 is 0 Å². The van der Waals surface area contributed by atoms with Crippen LogP contribution in [0.5, 0.6) is 5.75 Å². The van der Waals surface area contributed by atoms with Crippen LogP contribution in [-0.4, -0.2) is 61.6 Å². The van der Waals surface area contributed by atoms with Crippen molar-refractivity contribution in [2.45, 2.75) is 37.1 Å². The Labute approximate surface area is 184 Å². The molecule has 2 aromatic carbocycles. The molecule has 4 rings (SSSR count). The van der Waals surface area contributed by atoms with Gasteiger partial charge in [0.1, 0.15) is 5.75 Å². The first-order chi connectivity index (χ1) is 15.0. The molecule has 0 spiro atoms. The Morgan fingerprint density at radius 3 is 2.61 bits per heavy atom. The smallest absolute Gasteiger partial charge is 0.239 e. The number of nitrogens with zero attached hydrogens (tertiary/aromatic N) is 2. The highest BCUT2D eigenvalue weighted by Crippen LogP contribution is 2.33. The molecule has 7 nitrogen and oxygen atoms in total. The first-order valence-corrected chi connectivity index (χ1v) is 12.2. The number of carbonyl (C=O) groups is 1. The molecule has 8 heteroatoms. The van der Waals surface area contributed by atoms with Gasteiger partial charge in [0.05, 0.1) is 18.9 Å². The van der Waals surface area contributed by atoms with E-state index >= 15 is 0 Å². The summed E-state index contributed by atoms with van der Waals surface area (Å²) in [6.07, 6.45) is 2.22. The quantitative estimate of drug-likeness (QED) is 0.645. The van der Waals surface area contributed by atoms with Crippen LogP contribution < -0.4 is 10.1 Å². The molecule has 1 amide bonds. The van der Waals surface area contributed by atoms with Crippen molar-refractivity contribution in [3.8, 4) is 5.75 Å². The van der Waals surface area contributed by atoms with Crippen molar-refractivity contribution in [3.05, 3.63) is 60.2 Å². The molecule has 166 valence electrons. The number of anilines is 1. The van der Waals surface area contributed by atoms with E-state index in [-0.39, 0.29) is 18.5 Å². The number of carbonyl (C=O) groups excluding carboxylic acids is 1. The Balaban J connectivity index is 1.39. The maximum atomic E-state index is 13.4. The molecule has 1 saturated heterocycles. The number of hydrogen-bond donors (Lipinski definition) is 1. The predicted octanol–water partition coefficient (Wildman–Crippen LogP) is 2.70. The Morgan fingerprint density at radius 2 is 1.90 bits per heavy atom. The van der Waals surface area contributed by atoms with Gasteiger partial charge in [-0.2, -0.15) is 4.31 Å². The fraction of sp³-hybridized carbons (Fsp3) is 0.435. The maximum Gasteiger partial charge on any atom is 0.239 e. The van der Waals surface area contributed by atoms with Gasteiger partial charge in [0.15, 0.2) is 0 Å². The Hall–Kier alpha value is -2.42. The van der Waals surface area contributed by atoms with Crippen molar-refractivity contribution in [1.29, 1.82) is 0 Å². The molecule has 2 aromatic rings. The topological polar surface area (TPSA) is 79.0 Å². The third-order valence-corrected chi connectivity index (χ3v) is 8.14. The van der Waals surface area contributed by atoms with Gasteiger partial charge in [-0.3, -0.25) is 9.69 Å². The van der Waals surface area contributed by atoms with Crippen LogP contribution in [0, 0.1) is 0 Å². The highest BCUT2D eigenvalue weighted by atomic mass is 32.2. The summed E-state index contributed by atoms with van der Waals surface area (Å²) in [5.74, 6) is 0.303. The second-order valence-electron chi connectivity index (χ2n) is 8.23. The summed E-state index contributed by atoms with van der Waals surface area (Å²) in [6.45, 7) is 1.83. The lowest BCUT2D eigenvalue weighted by atomic mass is 10.2. The molecule has 0 unspecified atom stereocenters. The van der Waals surface area contributed by atoms with E-state index < -0.39 is 15.3 Å². The fourth-order valence-electron chi connectivity index (χ4n) is 4.05. The van der Waals surface area contributed by atoms with Crippen LogP contribution >= 0.6 is 0 Å². The summed E-state index contributed by atoms with van der Waals surface area (Å²) >= 11 is 0. The third kappa shape index (κ3) is 5.44. The SMILES string of the molecule is COc1cccc(NC(=O)CN(C2CC2)S(=O)(=O)[C@H]2CCN(Cc3ccccc3)C2)c1. The molecule has 2 aliphatic rings. The van der Waals surface area contributed by atoms with Crippen LogP contribution in [0.3, 0.4) is 0 Å². The van der Waals surface area contributed by atoms with Crippen molar-refractivity contribution in [3.63, 3.8) is 0 Å². The number of rotatable bonds is 9. The number of benzene rings is 2. The van der Waals surface area contributed by atoms with Gasteiger partial charge in [0.25, 0.3) is 0 Å². The molecule has 1 atom stereocenters. The monoisotopic (exact) mass is 443 g/mol. The lowest BCUT2D eigenvalue weighted by molar-refractivity contribution is -0.116. The van der Waals surface area contributed by atoms with Crippen molar-refractivity contribution < 1.29 is 17.9 Å². The molecule has 1 aliphatic heterocycles. The van der Waals surface area contributed by atoms with Gasteiger partial charge in [0, 0.05) is 30.9 Å². The van der Waals surface area contributed by atoms with Crippen LogP contribution in [0.4, 0.5) is 5.69 Å². The van der Waals surface area contributed by atoms with Crippen molar-refractivity contribution in [1.82, 2.24) is 9.21 Å². The summed E-state index contributed by atoms with van der Waals surface area (Å²) < 4.78 is 33.4. The Bertz CT molecular complexity index is 1010. The van der Waals surface area contributed by atoms with E-state index in [1.807, 2.05) is 18.2 Å². The molecule has 1 aliphatic carbocycles. The minimum atomic E-state index is -3.56. The van der Waals surface area contributed by atoms with Crippen LogP contribution in [0.25, 0.3) is 0 Å². The summed E-state index contributed by atoms with van der Waals surface area (Å²) in [5, 5.41) is 2.33. The summed E-state index contributed by atoms with van der Waals surface area (Å²) in [4.78, 5) is 14.8. The fourth-order valence-corrected chi connectivity index (χ4v) is 6.16. The summed E-state index contributed by atoms with van der Waals surface area (Å²) in [7, 11) is -2.00. The maximum absolute atomic E-state index is 13.4. The second-order valence-corrected chi connectivity index (χ2v) is 10.4. The highest BCUT2D eigenvalue weighted by Gasteiger charge is 2.44. The lowest BCUT2D eigenvalue weighted by Gasteiger charge is -2.25. The molecular weight excluding hydrogens is 414 g/mol. The van der Waals surface area contributed by atoms with Gasteiger partial charge in [-0.05, 0) is 43.5 Å². The van der Waals surface area contributed by atoms with Crippen LogP contribution in [-0.2, 0) is 21.4 Å². The Kier molecular flexibility index (Phi) is 6.60. The van der Waals surface area contributed by atoms with E-state index in [1.54, 1.807) is 31.4 Å².